The molecule has 31 heavy (non-hydrogen) atoms. The fourth-order valence-electron chi connectivity index (χ4n) is 3.55. The zero-order valence-corrected chi connectivity index (χ0v) is 20.0. The maximum Gasteiger partial charge on any atom is 0.241 e. The second-order valence-electron chi connectivity index (χ2n) is 7.64. The number of hydrogen-bond donors (Lipinski definition) is 1. The number of benzene rings is 1. The summed E-state index contributed by atoms with van der Waals surface area (Å²) in [7, 11) is -3.70. The predicted octanol–water partition coefficient (Wildman–Crippen LogP) is 3.64. The zero-order valence-electron chi connectivity index (χ0n) is 19.2. The molecular formula is C23H39NO6S. The van der Waals surface area contributed by atoms with Crippen LogP contribution in [0.5, 0.6) is 0 Å². The number of nitrogens with one attached hydrogen (secondary N) is 1. The van der Waals surface area contributed by atoms with Crippen LogP contribution in [0.2, 0.25) is 0 Å². The molecule has 0 spiro atoms. The molecule has 0 aliphatic rings. The lowest BCUT2D eigenvalue weighted by Gasteiger charge is -2.35. The summed E-state index contributed by atoms with van der Waals surface area (Å²) in [6.07, 6.45) is 4.76. The molecule has 1 aromatic rings. The minimum atomic E-state index is -3.70. The third-order valence-corrected chi connectivity index (χ3v) is 6.70. The van der Waals surface area contributed by atoms with Crippen LogP contribution in [0.15, 0.2) is 29.2 Å². The molecule has 0 unspecified atom stereocenters. The zero-order chi connectivity index (χ0) is 23.0. The molecular weight excluding hydrogens is 418 g/mol. The van der Waals surface area contributed by atoms with E-state index in [-0.39, 0.29) is 11.5 Å². The van der Waals surface area contributed by atoms with Gasteiger partial charge in [0.15, 0.2) is 0 Å². The summed E-state index contributed by atoms with van der Waals surface area (Å²) < 4.78 is 45.7. The molecule has 0 aromatic heterocycles. The van der Waals surface area contributed by atoms with Crippen LogP contribution >= 0.6 is 0 Å². The van der Waals surface area contributed by atoms with Gasteiger partial charge in [-0.25, -0.2) is 13.1 Å². The van der Waals surface area contributed by atoms with Crippen molar-refractivity contribution in [3.05, 3.63) is 29.8 Å². The van der Waals surface area contributed by atoms with Crippen LogP contribution in [-0.2, 0) is 29.0 Å². The molecule has 1 rings (SSSR count). The molecule has 1 aromatic carbocycles. The van der Waals surface area contributed by atoms with Gasteiger partial charge in [0.25, 0.3) is 0 Å². The summed E-state index contributed by atoms with van der Waals surface area (Å²) in [5.41, 5.74) is 0.369. The van der Waals surface area contributed by atoms with Gasteiger partial charge in [-0.3, -0.25) is 0 Å². The van der Waals surface area contributed by atoms with Crippen molar-refractivity contribution >= 4 is 16.3 Å². The summed E-state index contributed by atoms with van der Waals surface area (Å²) in [6, 6.07) is 6.87. The maximum absolute atomic E-state index is 13.2. The topological polar surface area (TPSA) is 90.9 Å². The molecule has 8 heteroatoms. The fourth-order valence-corrected chi connectivity index (χ4v) is 5.04. The number of sulfonamides is 1. The molecule has 0 fully saturated rings. The normalized spacial score (nSPS) is 12.2. The van der Waals surface area contributed by atoms with Gasteiger partial charge in [0, 0.05) is 38.6 Å². The van der Waals surface area contributed by atoms with E-state index in [1.165, 1.54) is 0 Å². The van der Waals surface area contributed by atoms with Crippen LogP contribution < -0.4 is 4.72 Å². The Labute approximate surface area is 187 Å². The Kier molecular flexibility index (Phi) is 13.8. The lowest BCUT2D eigenvalue weighted by molar-refractivity contribution is -0.111. The van der Waals surface area contributed by atoms with Gasteiger partial charge in [-0.05, 0) is 71.4 Å². The van der Waals surface area contributed by atoms with E-state index in [1.54, 1.807) is 24.3 Å². The first kappa shape index (κ1) is 27.7. The van der Waals surface area contributed by atoms with Gasteiger partial charge in [0.2, 0.25) is 10.0 Å². The number of aldehydes is 1. The first-order valence-electron chi connectivity index (χ1n) is 11.2. The Hall–Kier alpha value is -1.32. The van der Waals surface area contributed by atoms with E-state index in [1.807, 2.05) is 20.8 Å². The Morgan fingerprint density at radius 2 is 1.35 bits per heavy atom. The second-order valence-corrected chi connectivity index (χ2v) is 9.33. The van der Waals surface area contributed by atoms with E-state index >= 15 is 0 Å². The molecule has 0 atom stereocenters. The molecule has 178 valence electrons. The quantitative estimate of drug-likeness (QED) is 0.252. The fraction of sp³-hybridized carbons (Fsp3) is 0.696. The van der Waals surface area contributed by atoms with Crippen LogP contribution in [-0.4, -0.2) is 59.9 Å². The highest BCUT2D eigenvalue weighted by molar-refractivity contribution is 7.89. The van der Waals surface area contributed by atoms with Crippen molar-refractivity contribution in [3.8, 4) is 0 Å². The van der Waals surface area contributed by atoms with Crippen molar-refractivity contribution in [2.75, 3.05) is 39.6 Å². The van der Waals surface area contributed by atoms with E-state index < -0.39 is 15.6 Å². The Bertz CT molecular complexity index is 693. The number of hydrogen-bond acceptors (Lipinski definition) is 6. The molecule has 0 aliphatic heterocycles. The van der Waals surface area contributed by atoms with Crippen LogP contribution in [0.1, 0.15) is 57.9 Å². The van der Waals surface area contributed by atoms with Crippen LogP contribution in [0.25, 0.3) is 0 Å². The minimum absolute atomic E-state index is 0.0524. The van der Waals surface area contributed by atoms with E-state index in [2.05, 4.69) is 4.72 Å². The van der Waals surface area contributed by atoms with Crippen LogP contribution in [0.3, 0.4) is 0 Å². The average Bonchev–Trinajstić information content (AvgIpc) is 2.74. The number of carbonyl (C=O) groups excluding carboxylic acids is 1. The third kappa shape index (κ3) is 11.2. The molecule has 1 N–H and O–H groups in total. The van der Waals surface area contributed by atoms with Crippen molar-refractivity contribution < 1.29 is 27.4 Å². The highest BCUT2D eigenvalue weighted by atomic mass is 32.2. The van der Waals surface area contributed by atoms with Crippen molar-refractivity contribution in [2.24, 2.45) is 0 Å². The van der Waals surface area contributed by atoms with E-state index in [4.69, 9.17) is 14.2 Å². The van der Waals surface area contributed by atoms with Gasteiger partial charge < -0.3 is 19.0 Å². The van der Waals surface area contributed by atoms with Gasteiger partial charge in [0.1, 0.15) is 12.9 Å². The average molecular weight is 458 g/mol. The molecule has 0 aliphatic carbocycles. The molecule has 0 radical (unpaired) electrons. The summed E-state index contributed by atoms with van der Waals surface area (Å²) in [4.78, 5) is 10.8. The highest BCUT2D eigenvalue weighted by Crippen LogP contribution is 2.28. The summed E-state index contributed by atoms with van der Waals surface area (Å²) in [5.74, 6) is 0. The van der Waals surface area contributed by atoms with Gasteiger partial charge >= 0.3 is 0 Å². The molecule has 0 heterocycles. The summed E-state index contributed by atoms with van der Waals surface area (Å²) >= 11 is 0. The molecule has 0 saturated carbocycles. The summed E-state index contributed by atoms with van der Waals surface area (Å²) in [6.45, 7) is 8.70. The first-order chi connectivity index (χ1) is 14.9. The second kappa shape index (κ2) is 15.5. The predicted molar refractivity (Wildman–Crippen MR) is 122 cm³/mol. The smallest absolute Gasteiger partial charge is 0.241 e. The first-order valence-corrected chi connectivity index (χ1v) is 12.6. The molecule has 0 bridgehead atoms. The Morgan fingerprint density at radius 1 is 0.871 bits per heavy atom. The molecule has 0 saturated heterocycles. The van der Waals surface area contributed by atoms with Crippen molar-refractivity contribution in [1.82, 2.24) is 4.72 Å². The number of aryl methyl sites for hydroxylation is 1. The lowest BCUT2D eigenvalue weighted by atomic mass is 9.85. The minimum Gasteiger partial charge on any atom is -0.382 e. The summed E-state index contributed by atoms with van der Waals surface area (Å²) in [5, 5.41) is 0. The monoisotopic (exact) mass is 457 g/mol. The van der Waals surface area contributed by atoms with Crippen LogP contribution in [0, 0.1) is 6.92 Å². The lowest BCUT2D eigenvalue weighted by Crippen LogP contribution is -2.49. The maximum atomic E-state index is 13.2. The largest absolute Gasteiger partial charge is 0.382 e. The van der Waals surface area contributed by atoms with Crippen LogP contribution in [0.4, 0.5) is 0 Å². The van der Waals surface area contributed by atoms with Crippen molar-refractivity contribution in [3.63, 3.8) is 0 Å². The number of ether oxygens (including phenoxy) is 3. The van der Waals surface area contributed by atoms with Crippen molar-refractivity contribution in [2.45, 2.75) is 69.7 Å². The Morgan fingerprint density at radius 3 is 1.81 bits per heavy atom. The van der Waals surface area contributed by atoms with Gasteiger partial charge in [-0.1, -0.05) is 17.7 Å². The van der Waals surface area contributed by atoms with E-state index in [0.29, 0.717) is 58.7 Å². The standard InChI is InChI=1S/C23H39NO6S/c1-4-28-17-6-13-23(14-7-18-29-5-2,15-8-19-30-20-16-25)24-31(26,27)22-11-9-21(3)10-12-22/h9-12,16,24H,4-8,13-15,17-20H2,1-3H3. The number of rotatable bonds is 19. The highest BCUT2D eigenvalue weighted by Gasteiger charge is 2.34. The third-order valence-electron chi connectivity index (χ3n) is 5.11. The van der Waals surface area contributed by atoms with E-state index in [9.17, 15) is 13.2 Å². The number of carbonyl (C=O) groups is 1. The van der Waals surface area contributed by atoms with Gasteiger partial charge in [0.05, 0.1) is 4.90 Å². The van der Waals surface area contributed by atoms with Gasteiger partial charge in [-0.15, -0.1) is 0 Å². The Balaban J connectivity index is 3.03. The molecule has 0 amide bonds. The van der Waals surface area contributed by atoms with Crippen molar-refractivity contribution in [1.29, 1.82) is 0 Å². The SMILES string of the molecule is CCOCCCC(CCCOCC)(CCCOCC=O)NS(=O)(=O)c1ccc(C)cc1. The van der Waals surface area contributed by atoms with Gasteiger partial charge in [-0.2, -0.15) is 0 Å². The molecule has 7 nitrogen and oxygen atoms in total. The van der Waals surface area contributed by atoms with E-state index in [0.717, 1.165) is 24.7 Å².